The van der Waals surface area contributed by atoms with Crippen LogP contribution in [0.25, 0.3) is 0 Å². The smallest absolute Gasteiger partial charge is 0.228 e. The molecule has 0 radical (unpaired) electrons. The highest BCUT2D eigenvalue weighted by atomic mass is 16.2. The fraction of sp³-hybridized carbons (Fsp3) is 0.417. The van der Waals surface area contributed by atoms with Crippen LogP contribution in [0.15, 0.2) is 54.2 Å². The zero-order valence-electron chi connectivity index (χ0n) is 16.5. The first-order valence-electron chi connectivity index (χ1n) is 9.95. The number of carbonyl (C=O) groups excluding carboxylic acids is 1. The van der Waals surface area contributed by atoms with Crippen LogP contribution in [0.5, 0.6) is 0 Å². The number of pyridine rings is 1. The molecule has 1 aliphatic carbocycles. The van der Waals surface area contributed by atoms with Crippen molar-refractivity contribution in [1.29, 1.82) is 0 Å². The maximum Gasteiger partial charge on any atom is 0.228 e. The monoisotopic (exact) mass is 360 g/mol. The van der Waals surface area contributed by atoms with Crippen molar-refractivity contribution in [2.24, 2.45) is 5.41 Å². The third-order valence-corrected chi connectivity index (χ3v) is 5.77. The van der Waals surface area contributed by atoms with E-state index in [4.69, 9.17) is 4.98 Å². The lowest BCUT2D eigenvalue weighted by Crippen LogP contribution is -2.42. The Morgan fingerprint density at radius 1 is 1.04 bits per heavy atom. The van der Waals surface area contributed by atoms with Crippen molar-refractivity contribution in [2.75, 3.05) is 13.1 Å². The number of hydrogen-bond donors (Lipinski definition) is 0. The first kappa shape index (κ1) is 18.0. The molecule has 2 heterocycles. The van der Waals surface area contributed by atoms with Gasteiger partial charge in [-0.3, -0.25) is 9.78 Å². The Kier molecular flexibility index (Phi) is 4.63. The van der Waals surface area contributed by atoms with Crippen LogP contribution >= 0.6 is 0 Å². The SMILES string of the molecule is CC(C)(C)C(=O)N1CC=C(C2c3ccccc3CCc3cccnc32)CC1. The van der Waals surface area contributed by atoms with Gasteiger partial charge >= 0.3 is 0 Å². The summed E-state index contributed by atoms with van der Waals surface area (Å²) in [4.78, 5) is 19.4. The van der Waals surface area contributed by atoms with Gasteiger partial charge in [0.05, 0.1) is 5.69 Å². The van der Waals surface area contributed by atoms with Crippen molar-refractivity contribution in [3.05, 3.63) is 76.6 Å². The van der Waals surface area contributed by atoms with Gasteiger partial charge in [-0.25, -0.2) is 0 Å². The molecule has 1 aliphatic heterocycles. The highest BCUT2D eigenvalue weighted by Gasteiger charge is 2.32. The topological polar surface area (TPSA) is 33.2 Å². The highest BCUT2D eigenvalue weighted by molar-refractivity contribution is 5.81. The van der Waals surface area contributed by atoms with Crippen LogP contribution in [0.4, 0.5) is 0 Å². The van der Waals surface area contributed by atoms with Gasteiger partial charge in [-0.05, 0) is 42.0 Å². The van der Waals surface area contributed by atoms with E-state index in [1.54, 1.807) is 0 Å². The largest absolute Gasteiger partial charge is 0.338 e. The van der Waals surface area contributed by atoms with E-state index >= 15 is 0 Å². The Morgan fingerprint density at radius 3 is 2.52 bits per heavy atom. The minimum absolute atomic E-state index is 0.215. The van der Waals surface area contributed by atoms with Gasteiger partial charge in [-0.15, -0.1) is 0 Å². The van der Waals surface area contributed by atoms with E-state index in [2.05, 4.69) is 36.4 Å². The number of amides is 1. The number of carbonyl (C=O) groups is 1. The summed E-state index contributed by atoms with van der Waals surface area (Å²) in [5.41, 5.74) is 6.44. The molecule has 140 valence electrons. The number of aryl methyl sites for hydroxylation is 2. The summed E-state index contributed by atoms with van der Waals surface area (Å²) >= 11 is 0. The molecule has 27 heavy (non-hydrogen) atoms. The Balaban J connectivity index is 1.72. The lowest BCUT2D eigenvalue weighted by Gasteiger charge is -2.34. The molecule has 1 aromatic heterocycles. The standard InChI is InChI=1S/C24H28N2O/c1-24(2,3)23(27)26-15-12-18(13-16-26)21-20-9-5-4-7-17(20)10-11-19-8-6-14-25-22(19)21/h4-9,12,14,21H,10-11,13,15-16H2,1-3H3. The average Bonchev–Trinajstić information content (AvgIpc) is 2.84. The van der Waals surface area contributed by atoms with Crippen LogP contribution in [0.1, 0.15) is 55.5 Å². The minimum atomic E-state index is -0.325. The predicted octanol–water partition coefficient (Wildman–Crippen LogP) is 4.52. The molecule has 3 heteroatoms. The van der Waals surface area contributed by atoms with E-state index in [9.17, 15) is 4.79 Å². The highest BCUT2D eigenvalue weighted by Crippen LogP contribution is 2.40. The summed E-state index contributed by atoms with van der Waals surface area (Å²) < 4.78 is 0. The number of nitrogens with zero attached hydrogens (tertiary/aromatic N) is 2. The van der Waals surface area contributed by atoms with Crippen LogP contribution in [-0.2, 0) is 17.6 Å². The lowest BCUT2D eigenvalue weighted by molar-refractivity contribution is -0.139. The second kappa shape index (κ2) is 6.95. The van der Waals surface area contributed by atoms with Crippen LogP contribution in [-0.4, -0.2) is 28.9 Å². The number of fused-ring (bicyclic) bond motifs is 2. The molecule has 0 saturated carbocycles. The maximum atomic E-state index is 12.6. The predicted molar refractivity (Wildman–Crippen MR) is 109 cm³/mol. The normalized spacial score (nSPS) is 19.6. The van der Waals surface area contributed by atoms with E-state index in [-0.39, 0.29) is 17.2 Å². The summed E-state index contributed by atoms with van der Waals surface area (Å²) in [6.07, 6.45) is 7.21. The Hall–Kier alpha value is -2.42. The molecule has 0 bridgehead atoms. The van der Waals surface area contributed by atoms with Crippen LogP contribution < -0.4 is 0 Å². The minimum Gasteiger partial charge on any atom is -0.338 e. The van der Waals surface area contributed by atoms with E-state index in [1.165, 1.54) is 28.0 Å². The second-order valence-electron chi connectivity index (χ2n) is 8.71. The zero-order chi connectivity index (χ0) is 19.0. The van der Waals surface area contributed by atoms with Gasteiger partial charge in [0.25, 0.3) is 0 Å². The Bertz CT molecular complexity index is 844. The zero-order valence-corrected chi connectivity index (χ0v) is 16.5. The third kappa shape index (κ3) is 3.43. The summed E-state index contributed by atoms with van der Waals surface area (Å²) in [7, 11) is 0. The van der Waals surface area contributed by atoms with E-state index in [0.29, 0.717) is 6.54 Å². The number of rotatable bonds is 1. The number of hydrogen-bond acceptors (Lipinski definition) is 2. The van der Waals surface area contributed by atoms with Crippen LogP contribution in [0, 0.1) is 5.41 Å². The molecule has 1 amide bonds. The second-order valence-corrected chi connectivity index (χ2v) is 8.71. The number of aromatic nitrogens is 1. The van der Waals surface area contributed by atoms with Gasteiger partial charge in [0, 0.05) is 30.6 Å². The molecule has 1 unspecified atom stereocenters. The first-order valence-corrected chi connectivity index (χ1v) is 9.95. The number of benzene rings is 1. The van der Waals surface area contributed by atoms with Crippen molar-refractivity contribution < 1.29 is 4.79 Å². The van der Waals surface area contributed by atoms with Crippen LogP contribution in [0.2, 0.25) is 0 Å². The van der Waals surface area contributed by atoms with Crippen molar-refractivity contribution in [3.8, 4) is 0 Å². The van der Waals surface area contributed by atoms with Gasteiger partial charge in [-0.1, -0.05) is 62.8 Å². The molecular formula is C24H28N2O. The summed E-state index contributed by atoms with van der Waals surface area (Å²) in [5, 5.41) is 0. The molecule has 0 N–H and O–H groups in total. The molecule has 0 saturated heterocycles. The van der Waals surface area contributed by atoms with Gasteiger partial charge in [0.1, 0.15) is 0 Å². The van der Waals surface area contributed by atoms with Crippen molar-refractivity contribution in [3.63, 3.8) is 0 Å². The quantitative estimate of drug-likeness (QED) is 0.701. The molecule has 0 spiro atoms. The third-order valence-electron chi connectivity index (χ3n) is 5.77. The Labute approximate surface area is 162 Å². The van der Waals surface area contributed by atoms with Crippen LogP contribution in [0.3, 0.4) is 0 Å². The van der Waals surface area contributed by atoms with Crippen molar-refractivity contribution in [2.45, 2.75) is 46.0 Å². The molecule has 0 fully saturated rings. The molecule has 4 rings (SSSR count). The van der Waals surface area contributed by atoms with Gasteiger partial charge in [0.15, 0.2) is 0 Å². The van der Waals surface area contributed by atoms with Crippen molar-refractivity contribution >= 4 is 5.91 Å². The van der Waals surface area contributed by atoms with E-state index in [0.717, 1.165) is 25.8 Å². The average molecular weight is 361 g/mol. The van der Waals surface area contributed by atoms with E-state index < -0.39 is 0 Å². The molecule has 3 nitrogen and oxygen atoms in total. The van der Waals surface area contributed by atoms with Crippen molar-refractivity contribution in [1.82, 2.24) is 9.88 Å². The van der Waals surface area contributed by atoms with Gasteiger partial charge in [0.2, 0.25) is 5.91 Å². The molecule has 1 atom stereocenters. The molecule has 2 aliphatic rings. The molecule has 1 aromatic carbocycles. The molecule has 2 aromatic rings. The van der Waals surface area contributed by atoms with Gasteiger partial charge < -0.3 is 4.90 Å². The molecular weight excluding hydrogens is 332 g/mol. The summed E-state index contributed by atoms with van der Waals surface area (Å²) in [6.45, 7) is 7.48. The summed E-state index contributed by atoms with van der Waals surface area (Å²) in [6, 6.07) is 13.1. The van der Waals surface area contributed by atoms with Gasteiger partial charge in [-0.2, -0.15) is 0 Å². The van der Waals surface area contributed by atoms with E-state index in [1.807, 2.05) is 37.9 Å². The Morgan fingerprint density at radius 2 is 1.78 bits per heavy atom. The first-order chi connectivity index (χ1) is 12.9. The lowest BCUT2D eigenvalue weighted by atomic mass is 9.82. The maximum absolute atomic E-state index is 12.6. The summed E-state index contributed by atoms with van der Waals surface area (Å²) in [5.74, 6) is 0.449. The fourth-order valence-corrected chi connectivity index (χ4v) is 4.36. The fourth-order valence-electron chi connectivity index (χ4n) is 4.36.